The van der Waals surface area contributed by atoms with Crippen LogP contribution in [-0.4, -0.2) is 14.1 Å². The summed E-state index contributed by atoms with van der Waals surface area (Å²) in [7, 11) is 0. The molecule has 9 aromatic carbocycles. The van der Waals surface area contributed by atoms with E-state index in [-0.39, 0.29) is 33.4 Å². The summed E-state index contributed by atoms with van der Waals surface area (Å²) in [5.74, 6) is 1.88. The lowest BCUT2D eigenvalue weighted by Crippen LogP contribution is -2.12. The predicted octanol–water partition coefficient (Wildman–Crippen LogP) is 17.2. The van der Waals surface area contributed by atoms with Gasteiger partial charge in [-0.15, -0.1) is 0 Å². The van der Waals surface area contributed by atoms with Gasteiger partial charge in [-0.3, -0.25) is 4.57 Å². The van der Waals surface area contributed by atoms with Crippen LogP contribution < -0.4 is 15.4 Å². The number of nitrogens with one attached hydrogen (secondary N) is 2. The van der Waals surface area contributed by atoms with Crippen molar-refractivity contribution < 1.29 is 18.4 Å². The topological polar surface area (TPSA) is 56.0 Å². The first-order chi connectivity index (χ1) is 38.0. The third-order valence-electron chi connectivity index (χ3n) is 12.5. The van der Waals surface area contributed by atoms with Crippen molar-refractivity contribution in [1.82, 2.24) is 14.1 Å². The van der Waals surface area contributed by atoms with Gasteiger partial charge in [-0.25, -0.2) is 4.98 Å². The van der Waals surface area contributed by atoms with Crippen LogP contribution in [0.3, 0.4) is 0 Å². The SMILES string of the molecule is [2H]c1c([2H])c([2H])c(-c2cccc(-c3c([2H])c([2H])c([2H])c([2H])c3[2H])c2Nc2ccccc2Nc2cccc(Oc3cc4c(cc3-n3c5ccccc5c5ccccc53)c3ccccc3n4-c3cc(C(C)(C)C)ccn3)c2)c([2H])c1[2H]. The summed E-state index contributed by atoms with van der Waals surface area (Å²) >= 11 is 0. The molecule has 0 aliphatic carbocycles. The van der Waals surface area contributed by atoms with Crippen molar-refractivity contribution in [3.05, 3.63) is 236 Å². The van der Waals surface area contributed by atoms with Gasteiger partial charge in [0.2, 0.25) is 0 Å². The molecule has 0 aliphatic rings. The van der Waals surface area contributed by atoms with E-state index in [0.717, 1.165) is 60.7 Å². The van der Waals surface area contributed by atoms with Crippen LogP contribution in [-0.2, 0) is 5.41 Å². The Bertz CT molecular complexity index is 4290. The molecule has 0 fully saturated rings. The van der Waals surface area contributed by atoms with Gasteiger partial charge in [0.1, 0.15) is 11.6 Å². The minimum absolute atomic E-state index is 0.125. The molecule has 6 heteroatoms. The van der Waals surface area contributed by atoms with Gasteiger partial charge in [-0.2, -0.15) is 0 Å². The van der Waals surface area contributed by atoms with E-state index in [1.165, 1.54) is 0 Å². The molecule has 0 aliphatic heterocycles. The summed E-state index contributed by atoms with van der Waals surface area (Å²) in [6.07, 6.45) is 1.87. The van der Waals surface area contributed by atoms with Crippen LogP contribution in [0.25, 0.3) is 77.4 Å². The summed E-state index contributed by atoms with van der Waals surface area (Å²) in [5.41, 5.74) is 7.60. The molecule has 0 bridgehead atoms. The van der Waals surface area contributed by atoms with E-state index in [9.17, 15) is 0 Å². The molecule has 0 amide bonds. The lowest BCUT2D eigenvalue weighted by molar-refractivity contribution is 0.481. The van der Waals surface area contributed by atoms with Gasteiger partial charge in [-0.05, 0) is 82.8 Å². The zero-order valence-corrected chi connectivity index (χ0v) is 37.9. The van der Waals surface area contributed by atoms with Gasteiger partial charge in [0.05, 0.1) is 58.5 Å². The van der Waals surface area contributed by atoms with Crippen molar-refractivity contribution >= 4 is 66.4 Å². The number of anilines is 4. The molecule has 0 spiro atoms. The van der Waals surface area contributed by atoms with E-state index in [4.69, 9.17) is 23.4 Å². The molecule has 12 rings (SSSR count). The number of para-hydroxylation sites is 6. The number of ether oxygens (including phenoxy) is 1. The van der Waals surface area contributed by atoms with Gasteiger partial charge in [0, 0.05) is 56.7 Å². The minimum atomic E-state index is -0.568. The molecule has 0 unspecified atom stereocenters. The second kappa shape index (κ2) is 17.1. The Hall–Kier alpha value is -8.87. The maximum Gasteiger partial charge on any atom is 0.153 e. The second-order valence-corrected chi connectivity index (χ2v) is 17.9. The predicted molar refractivity (Wildman–Crippen MR) is 288 cm³/mol. The van der Waals surface area contributed by atoms with Crippen LogP contribution in [0.5, 0.6) is 11.5 Å². The minimum Gasteiger partial charge on any atom is -0.455 e. The van der Waals surface area contributed by atoms with E-state index >= 15 is 0 Å². The quantitative estimate of drug-likeness (QED) is 0.144. The highest BCUT2D eigenvalue weighted by atomic mass is 16.5. The first-order valence-electron chi connectivity index (χ1n) is 27.7. The van der Waals surface area contributed by atoms with Crippen LogP contribution in [0.2, 0.25) is 0 Å². The Balaban J connectivity index is 1.00. The van der Waals surface area contributed by atoms with Crippen LogP contribution in [0.15, 0.2) is 230 Å². The summed E-state index contributed by atoms with van der Waals surface area (Å²) in [6, 6.07) is 47.9. The fourth-order valence-electron chi connectivity index (χ4n) is 9.31. The molecule has 12 aromatic rings. The van der Waals surface area contributed by atoms with Crippen molar-refractivity contribution in [1.29, 1.82) is 0 Å². The average molecular weight is 902 g/mol. The van der Waals surface area contributed by atoms with E-state index in [2.05, 4.69) is 119 Å². The summed E-state index contributed by atoms with van der Waals surface area (Å²) in [5, 5.41) is 11.3. The number of hydrogen-bond donors (Lipinski definition) is 2. The molecule has 69 heavy (non-hydrogen) atoms. The van der Waals surface area contributed by atoms with Crippen LogP contribution in [0.1, 0.15) is 40.0 Å². The summed E-state index contributed by atoms with van der Waals surface area (Å²) < 4.78 is 98.4. The Morgan fingerprint density at radius 1 is 0.493 bits per heavy atom. The van der Waals surface area contributed by atoms with Gasteiger partial charge in [0.15, 0.2) is 5.75 Å². The highest BCUT2D eigenvalue weighted by Crippen LogP contribution is 2.44. The number of nitrogens with zero attached hydrogens (tertiary/aromatic N) is 3. The highest BCUT2D eigenvalue weighted by molar-refractivity contribution is 6.13. The molecule has 0 saturated heterocycles. The van der Waals surface area contributed by atoms with Crippen LogP contribution in [0.4, 0.5) is 22.7 Å². The molecule has 6 nitrogen and oxygen atoms in total. The summed E-state index contributed by atoms with van der Waals surface area (Å²) in [4.78, 5) is 4.95. The molecule has 3 aromatic heterocycles. The fraction of sp³-hybridized carbons (Fsp3) is 0.0635. The van der Waals surface area contributed by atoms with E-state index in [1.54, 1.807) is 30.3 Å². The molecular weight excluding hydrogens is 843 g/mol. The van der Waals surface area contributed by atoms with Crippen molar-refractivity contribution in [2.45, 2.75) is 26.2 Å². The first-order valence-corrected chi connectivity index (χ1v) is 22.7. The molecule has 2 N–H and O–H groups in total. The zero-order chi connectivity index (χ0) is 55.2. The fourth-order valence-corrected chi connectivity index (χ4v) is 9.31. The number of aromatic nitrogens is 3. The Morgan fingerprint density at radius 2 is 1.04 bits per heavy atom. The standard InChI is InChI=1S/C63H49N5O/c1-63(2,3)44-36-37-64-61(38-44)68-57-35-17-12-28-51(57)52-40-59(67-55-33-15-10-26-49(55)50-27-11-16-34-56(50)67)60(41-58(52)68)69-46-25-18-24-45(39-46)65-53-31-13-14-32-54(53)66-62-47(42-20-6-4-7-21-42)29-19-30-48(62)43-22-8-5-9-23-43/h4-41,65-66H,1-3H3/i4D,5D,6D,7D,8D,9D,20D,21D,22D,23D. The number of pyridine rings is 1. The normalized spacial score (nSPS) is 13.7. The monoisotopic (exact) mass is 901 g/mol. The highest BCUT2D eigenvalue weighted by Gasteiger charge is 2.23. The molecule has 0 atom stereocenters. The Labute approximate surface area is 415 Å². The molecule has 332 valence electrons. The van der Waals surface area contributed by atoms with Crippen molar-refractivity contribution in [2.75, 3.05) is 10.6 Å². The van der Waals surface area contributed by atoms with Crippen molar-refractivity contribution in [2.24, 2.45) is 0 Å². The lowest BCUT2D eigenvalue weighted by atomic mass is 9.88. The van der Waals surface area contributed by atoms with Crippen molar-refractivity contribution in [3.63, 3.8) is 0 Å². The molecule has 0 saturated carbocycles. The first kappa shape index (κ1) is 31.9. The van der Waals surface area contributed by atoms with Gasteiger partial charge >= 0.3 is 0 Å². The zero-order valence-electron chi connectivity index (χ0n) is 47.9. The van der Waals surface area contributed by atoms with E-state index in [0.29, 0.717) is 28.6 Å². The summed E-state index contributed by atoms with van der Waals surface area (Å²) in [6.45, 7) is 6.58. The number of rotatable bonds is 10. The van der Waals surface area contributed by atoms with Crippen LogP contribution >= 0.6 is 0 Å². The largest absolute Gasteiger partial charge is 0.455 e. The molecule has 0 radical (unpaired) electrons. The Morgan fingerprint density at radius 3 is 1.67 bits per heavy atom. The second-order valence-electron chi connectivity index (χ2n) is 17.9. The lowest BCUT2D eigenvalue weighted by Gasteiger charge is -2.20. The average Bonchev–Trinajstić information content (AvgIpc) is 4.22. The number of benzene rings is 9. The third kappa shape index (κ3) is 7.62. The van der Waals surface area contributed by atoms with Gasteiger partial charge in [-0.1, -0.05) is 172 Å². The Kier molecular flexibility index (Phi) is 7.91. The maximum absolute atomic E-state index is 8.98. The number of fused-ring (bicyclic) bond motifs is 6. The molecular formula is C63H49N5O. The van der Waals surface area contributed by atoms with Gasteiger partial charge < -0.3 is 19.9 Å². The van der Waals surface area contributed by atoms with Crippen molar-refractivity contribution in [3.8, 4) is 45.3 Å². The van der Waals surface area contributed by atoms with Gasteiger partial charge in [0.25, 0.3) is 0 Å². The number of hydrogen-bond acceptors (Lipinski definition) is 4. The smallest absolute Gasteiger partial charge is 0.153 e. The van der Waals surface area contributed by atoms with E-state index in [1.807, 2.05) is 60.8 Å². The van der Waals surface area contributed by atoms with E-state index < -0.39 is 60.4 Å². The van der Waals surface area contributed by atoms with Crippen LogP contribution in [0, 0.1) is 0 Å². The molecule has 3 heterocycles. The third-order valence-corrected chi connectivity index (χ3v) is 12.5. The maximum atomic E-state index is 8.98.